The van der Waals surface area contributed by atoms with Crippen molar-refractivity contribution in [2.75, 3.05) is 39.7 Å². The number of benzene rings is 2. The number of nitrogens with zero attached hydrogens (tertiary/aromatic N) is 3. The summed E-state index contributed by atoms with van der Waals surface area (Å²) in [6.07, 6.45) is 0.788. The first-order valence-corrected chi connectivity index (χ1v) is 11.1. The molecule has 1 heterocycles. The van der Waals surface area contributed by atoms with Gasteiger partial charge < -0.3 is 29.5 Å². The number of aromatic nitrogens is 2. The molecule has 0 radical (unpaired) electrons. The fourth-order valence-corrected chi connectivity index (χ4v) is 3.63. The van der Waals surface area contributed by atoms with Crippen LogP contribution in [0.2, 0.25) is 10.0 Å². The molecule has 0 spiro atoms. The summed E-state index contributed by atoms with van der Waals surface area (Å²) in [6.45, 7) is 4.75. The summed E-state index contributed by atoms with van der Waals surface area (Å²) >= 11 is 12.5. The average Bonchev–Trinajstić information content (AvgIpc) is 2.78. The van der Waals surface area contributed by atoms with E-state index in [1.54, 1.807) is 31.4 Å². The van der Waals surface area contributed by atoms with Gasteiger partial charge in [-0.2, -0.15) is 0 Å². The van der Waals surface area contributed by atoms with E-state index >= 15 is 0 Å². The van der Waals surface area contributed by atoms with Crippen molar-refractivity contribution >= 4 is 70.4 Å². The number of hydrogen-bond donors (Lipinski definition) is 2. The highest BCUT2D eigenvalue weighted by Gasteiger charge is 2.16. The maximum atomic E-state index is 10.3. The predicted molar refractivity (Wildman–Crippen MR) is 146 cm³/mol. The molecule has 1 atom stereocenters. The molecule has 0 aliphatic carbocycles. The second-order valence-electron chi connectivity index (χ2n) is 7.83. The van der Waals surface area contributed by atoms with Crippen LogP contribution in [0.4, 0.5) is 11.5 Å². The zero-order valence-electron chi connectivity index (χ0n) is 20.0. The maximum absolute atomic E-state index is 10.3. The molecule has 0 saturated heterocycles. The number of likely N-dealkylation sites (N-methyl/N-ethyl adjacent to an activating group) is 1. The Morgan fingerprint density at radius 2 is 1.66 bits per heavy atom. The summed E-state index contributed by atoms with van der Waals surface area (Å²) in [5, 5.41) is 15.1. The van der Waals surface area contributed by atoms with Gasteiger partial charge in [0.25, 0.3) is 0 Å². The van der Waals surface area contributed by atoms with Gasteiger partial charge in [-0.05, 0) is 33.0 Å². The zero-order valence-corrected chi connectivity index (χ0v) is 23.2. The van der Waals surface area contributed by atoms with Crippen LogP contribution < -0.4 is 19.5 Å². The maximum Gasteiger partial charge on any atom is 0.163 e. The lowest BCUT2D eigenvalue weighted by atomic mass is 10.2. The number of aliphatic hydroxyl groups is 1. The molecule has 1 aromatic heterocycles. The Hall–Kier alpha value is -1.94. The van der Waals surface area contributed by atoms with E-state index in [2.05, 4.69) is 29.1 Å². The molecule has 2 N–H and O–H groups in total. The molecule has 1 unspecified atom stereocenters. The third kappa shape index (κ3) is 7.77. The summed E-state index contributed by atoms with van der Waals surface area (Å²) in [5.74, 6) is 1.98. The lowest BCUT2D eigenvalue weighted by Gasteiger charge is -2.24. The van der Waals surface area contributed by atoms with Gasteiger partial charge in [0.15, 0.2) is 11.5 Å². The van der Waals surface area contributed by atoms with Crippen molar-refractivity contribution in [2.45, 2.75) is 26.0 Å². The first kappa shape index (κ1) is 31.1. The minimum atomic E-state index is -0.651. The van der Waals surface area contributed by atoms with Crippen molar-refractivity contribution in [2.24, 2.45) is 0 Å². The third-order valence-electron chi connectivity index (χ3n) is 5.23. The molecule has 194 valence electrons. The van der Waals surface area contributed by atoms with Gasteiger partial charge in [0.1, 0.15) is 30.6 Å². The Morgan fingerprint density at radius 3 is 2.29 bits per heavy atom. The van der Waals surface area contributed by atoms with Crippen molar-refractivity contribution in [3.05, 3.63) is 40.6 Å². The molecule has 0 fully saturated rings. The Morgan fingerprint density at radius 1 is 0.971 bits per heavy atom. The van der Waals surface area contributed by atoms with Crippen molar-refractivity contribution in [3.63, 3.8) is 0 Å². The standard InChI is InChI=1S/C23H28Cl2N4O4.2ClH/c1-13(2)29(3)10-14(30)11-33-22-8-18-15(6-21(22)32-5)23(27-12-26-18)28-19-9-20(31-4)17(25)7-16(19)24;;/h6-9,12-14,30H,10-11H2,1-5H3,(H,26,27,28);2*1H. The summed E-state index contributed by atoms with van der Waals surface area (Å²) in [5.41, 5.74) is 1.21. The summed E-state index contributed by atoms with van der Waals surface area (Å²) < 4.78 is 16.7. The van der Waals surface area contributed by atoms with Crippen molar-refractivity contribution < 1.29 is 19.3 Å². The summed E-state index contributed by atoms with van der Waals surface area (Å²) in [6, 6.07) is 7.15. The Kier molecular flexibility index (Phi) is 12.4. The fourth-order valence-electron chi connectivity index (χ4n) is 3.13. The predicted octanol–water partition coefficient (Wildman–Crippen LogP) is 5.62. The minimum Gasteiger partial charge on any atom is -0.495 e. The van der Waals surface area contributed by atoms with Crippen molar-refractivity contribution in [1.29, 1.82) is 0 Å². The van der Waals surface area contributed by atoms with Gasteiger partial charge in [0.05, 0.1) is 35.5 Å². The number of rotatable bonds is 10. The molecular formula is C23H30Cl4N4O4. The smallest absolute Gasteiger partial charge is 0.163 e. The van der Waals surface area contributed by atoms with Gasteiger partial charge in [0, 0.05) is 30.1 Å². The highest BCUT2D eigenvalue weighted by atomic mass is 35.5. The van der Waals surface area contributed by atoms with E-state index in [9.17, 15) is 5.11 Å². The topological polar surface area (TPSA) is 89.0 Å². The molecule has 0 aliphatic rings. The molecule has 0 amide bonds. The van der Waals surface area contributed by atoms with Crippen molar-refractivity contribution in [3.8, 4) is 17.2 Å². The van der Waals surface area contributed by atoms with Crippen LogP contribution in [-0.2, 0) is 0 Å². The van der Waals surface area contributed by atoms with Crippen LogP contribution in [0.15, 0.2) is 30.6 Å². The molecule has 3 aromatic rings. The van der Waals surface area contributed by atoms with E-state index in [1.807, 2.05) is 11.9 Å². The molecule has 35 heavy (non-hydrogen) atoms. The van der Waals surface area contributed by atoms with Gasteiger partial charge in [-0.15, -0.1) is 24.8 Å². The number of hydrogen-bond acceptors (Lipinski definition) is 8. The quantitative estimate of drug-likeness (QED) is 0.326. The SMILES string of the molecule is COc1cc(Nc2ncnc3cc(OCC(O)CN(C)C(C)C)c(OC)cc23)c(Cl)cc1Cl.Cl.Cl. The second kappa shape index (κ2) is 14.0. The van der Waals surface area contributed by atoms with E-state index in [0.717, 1.165) is 0 Å². The van der Waals surface area contributed by atoms with Gasteiger partial charge >= 0.3 is 0 Å². The van der Waals surface area contributed by atoms with E-state index < -0.39 is 6.10 Å². The number of nitrogens with one attached hydrogen (secondary N) is 1. The van der Waals surface area contributed by atoms with Crippen LogP contribution in [0.1, 0.15) is 13.8 Å². The highest BCUT2D eigenvalue weighted by molar-refractivity contribution is 6.37. The largest absolute Gasteiger partial charge is 0.495 e. The average molecular weight is 568 g/mol. The van der Waals surface area contributed by atoms with Crippen LogP contribution in [0.3, 0.4) is 0 Å². The number of fused-ring (bicyclic) bond motifs is 1. The first-order valence-electron chi connectivity index (χ1n) is 10.4. The zero-order chi connectivity index (χ0) is 24.1. The summed E-state index contributed by atoms with van der Waals surface area (Å²) in [4.78, 5) is 10.8. The summed E-state index contributed by atoms with van der Waals surface area (Å²) in [7, 11) is 5.04. The minimum absolute atomic E-state index is 0. The van der Waals surface area contributed by atoms with Crippen molar-refractivity contribution in [1.82, 2.24) is 14.9 Å². The van der Waals surface area contributed by atoms with E-state index in [0.29, 0.717) is 62.3 Å². The van der Waals surface area contributed by atoms with Crippen LogP contribution in [0.25, 0.3) is 10.9 Å². The van der Waals surface area contributed by atoms with E-state index in [1.165, 1.54) is 13.4 Å². The number of halogens is 4. The Bertz CT molecular complexity index is 1120. The number of methoxy groups -OCH3 is 2. The monoisotopic (exact) mass is 566 g/mol. The van der Waals surface area contributed by atoms with E-state index in [4.69, 9.17) is 37.4 Å². The van der Waals surface area contributed by atoms with Crippen LogP contribution in [-0.4, -0.2) is 66.5 Å². The van der Waals surface area contributed by atoms with Gasteiger partial charge in [-0.3, -0.25) is 0 Å². The lowest BCUT2D eigenvalue weighted by Crippen LogP contribution is -2.36. The Balaban J connectivity index is 0.00000306. The normalized spacial score (nSPS) is 11.6. The molecule has 0 aliphatic heterocycles. The van der Waals surface area contributed by atoms with Gasteiger partial charge in [-0.25, -0.2) is 9.97 Å². The molecule has 0 bridgehead atoms. The fraction of sp³-hybridized carbons (Fsp3) is 0.391. The van der Waals surface area contributed by atoms with E-state index in [-0.39, 0.29) is 31.4 Å². The number of anilines is 2. The Labute approximate surface area is 227 Å². The number of ether oxygens (including phenoxy) is 3. The molecule has 12 heteroatoms. The van der Waals surface area contributed by atoms with Crippen LogP contribution in [0, 0.1) is 0 Å². The molecule has 0 saturated carbocycles. The lowest BCUT2D eigenvalue weighted by molar-refractivity contribution is 0.0669. The van der Waals surface area contributed by atoms with Gasteiger partial charge in [-0.1, -0.05) is 23.2 Å². The second-order valence-corrected chi connectivity index (χ2v) is 8.65. The number of aliphatic hydroxyl groups excluding tert-OH is 1. The molecule has 8 nitrogen and oxygen atoms in total. The van der Waals surface area contributed by atoms with Crippen LogP contribution >= 0.6 is 48.0 Å². The first-order chi connectivity index (χ1) is 15.7. The van der Waals surface area contributed by atoms with Crippen LogP contribution in [0.5, 0.6) is 17.2 Å². The molecular weight excluding hydrogens is 538 g/mol. The molecule has 3 rings (SSSR count). The molecule has 2 aromatic carbocycles. The third-order valence-corrected chi connectivity index (χ3v) is 5.83. The van der Waals surface area contributed by atoms with Gasteiger partial charge in [0.2, 0.25) is 0 Å². The highest BCUT2D eigenvalue weighted by Crippen LogP contribution is 2.38.